The smallest absolute Gasteiger partial charge is 0.320 e. The Bertz CT molecular complexity index is 352. The van der Waals surface area contributed by atoms with Crippen LogP contribution in [0.3, 0.4) is 0 Å². The zero-order valence-corrected chi connectivity index (χ0v) is 11.8. The van der Waals surface area contributed by atoms with Crippen molar-refractivity contribution in [1.29, 1.82) is 0 Å². The van der Waals surface area contributed by atoms with E-state index in [2.05, 4.69) is 21.2 Å². The van der Waals surface area contributed by atoms with Crippen molar-refractivity contribution >= 4 is 33.2 Å². The number of halogens is 1. The molecule has 0 spiro atoms. The Hall–Kier alpha value is -0.390. The first-order valence-corrected chi connectivity index (χ1v) is 6.80. The second-order valence-electron chi connectivity index (χ2n) is 4.11. The predicted molar refractivity (Wildman–Crippen MR) is 69.7 cm³/mol. The van der Waals surface area contributed by atoms with Crippen LogP contribution < -0.4 is 5.32 Å². The maximum Gasteiger partial charge on any atom is 0.320 e. The zero-order valence-electron chi connectivity index (χ0n) is 9.37. The number of thiophene rings is 1. The number of nitrogens with one attached hydrogen (secondary N) is 1. The van der Waals surface area contributed by atoms with Gasteiger partial charge >= 0.3 is 5.97 Å². The highest BCUT2D eigenvalue weighted by Gasteiger charge is 2.18. The van der Waals surface area contributed by atoms with E-state index in [0.29, 0.717) is 18.9 Å². The summed E-state index contributed by atoms with van der Waals surface area (Å²) in [5.74, 6) is -0.395. The monoisotopic (exact) mass is 305 g/mol. The number of hydrogen-bond donors (Lipinski definition) is 2. The quantitative estimate of drug-likeness (QED) is 0.849. The van der Waals surface area contributed by atoms with Gasteiger partial charge in [0.15, 0.2) is 0 Å². The SMILES string of the molecule is CC(C)CC(NCc1ccc(Br)s1)C(=O)O. The van der Waals surface area contributed by atoms with Crippen molar-refractivity contribution in [1.82, 2.24) is 5.32 Å². The van der Waals surface area contributed by atoms with E-state index < -0.39 is 12.0 Å². The molecule has 90 valence electrons. The summed E-state index contributed by atoms with van der Waals surface area (Å²) >= 11 is 5.00. The lowest BCUT2D eigenvalue weighted by Crippen LogP contribution is -2.37. The average Bonchev–Trinajstić information content (AvgIpc) is 2.58. The van der Waals surface area contributed by atoms with E-state index in [4.69, 9.17) is 5.11 Å². The number of carboxylic acids is 1. The molecular formula is C11H16BrNO2S. The number of carboxylic acid groups (broad SMARTS) is 1. The number of aliphatic carboxylic acids is 1. The van der Waals surface area contributed by atoms with E-state index in [0.717, 1.165) is 8.66 Å². The van der Waals surface area contributed by atoms with Gasteiger partial charge in [0.25, 0.3) is 0 Å². The van der Waals surface area contributed by atoms with Crippen LogP contribution in [0.4, 0.5) is 0 Å². The summed E-state index contributed by atoms with van der Waals surface area (Å²) in [4.78, 5) is 12.1. The fraction of sp³-hybridized carbons (Fsp3) is 0.545. The Morgan fingerprint density at radius 2 is 2.25 bits per heavy atom. The van der Waals surface area contributed by atoms with E-state index in [1.807, 2.05) is 26.0 Å². The Morgan fingerprint density at radius 1 is 1.56 bits per heavy atom. The minimum atomic E-state index is -0.774. The van der Waals surface area contributed by atoms with Crippen LogP contribution in [-0.4, -0.2) is 17.1 Å². The summed E-state index contributed by atoms with van der Waals surface area (Å²) in [5, 5.41) is 12.1. The standard InChI is InChI=1S/C11H16BrNO2S/c1-7(2)5-9(11(14)15)13-6-8-3-4-10(12)16-8/h3-4,7,9,13H,5-6H2,1-2H3,(H,14,15). The lowest BCUT2D eigenvalue weighted by molar-refractivity contribution is -0.139. The van der Waals surface area contributed by atoms with Gasteiger partial charge in [-0.05, 0) is 40.4 Å². The van der Waals surface area contributed by atoms with Crippen molar-refractivity contribution < 1.29 is 9.90 Å². The van der Waals surface area contributed by atoms with Crippen molar-refractivity contribution in [3.63, 3.8) is 0 Å². The molecule has 1 aromatic rings. The molecule has 3 nitrogen and oxygen atoms in total. The van der Waals surface area contributed by atoms with Gasteiger partial charge in [-0.25, -0.2) is 0 Å². The largest absolute Gasteiger partial charge is 0.480 e. The van der Waals surface area contributed by atoms with E-state index in [1.165, 1.54) is 0 Å². The van der Waals surface area contributed by atoms with Crippen LogP contribution in [-0.2, 0) is 11.3 Å². The maximum absolute atomic E-state index is 11.0. The van der Waals surface area contributed by atoms with Crippen LogP contribution >= 0.6 is 27.3 Å². The van der Waals surface area contributed by atoms with E-state index in [1.54, 1.807) is 11.3 Å². The first-order chi connectivity index (χ1) is 7.49. The van der Waals surface area contributed by atoms with Gasteiger partial charge in [0.1, 0.15) is 6.04 Å². The van der Waals surface area contributed by atoms with Crippen LogP contribution in [0.25, 0.3) is 0 Å². The maximum atomic E-state index is 11.0. The molecule has 1 heterocycles. The molecule has 0 aromatic carbocycles. The van der Waals surface area contributed by atoms with Crippen molar-refractivity contribution in [2.75, 3.05) is 0 Å². The minimum Gasteiger partial charge on any atom is -0.480 e. The molecule has 1 aromatic heterocycles. The molecule has 0 bridgehead atoms. The fourth-order valence-corrected chi connectivity index (χ4v) is 2.85. The third-order valence-electron chi connectivity index (χ3n) is 2.16. The second-order valence-corrected chi connectivity index (χ2v) is 6.65. The minimum absolute atomic E-state index is 0.378. The van der Waals surface area contributed by atoms with E-state index in [-0.39, 0.29) is 0 Å². The Labute approximate surface area is 108 Å². The highest BCUT2D eigenvalue weighted by Crippen LogP contribution is 2.22. The molecule has 0 saturated carbocycles. The van der Waals surface area contributed by atoms with Crippen LogP contribution in [0.15, 0.2) is 15.9 Å². The van der Waals surface area contributed by atoms with Crippen molar-refractivity contribution in [2.45, 2.75) is 32.9 Å². The first kappa shape index (κ1) is 13.7. The fourth-order valence-electron chi connectivity index (χ4n) is 1.41. The third-order valence-corrected chi connectivity index (χ3v) is 3.78. The molecule has 0 aliphatic heterocycles. The topological polar surface area (TPSA) is 49.3 Å². The number of rotatable bonds is 6. The van der Waals surface area contributed by atoms with Gasteiger partial charge < -0.3 is 5.11 Å². The number of carbonyl (C=O) groups is 1. The van der Waals surface area contributed by atoms with Crippen molar-refractivity contribution in [3.05, 3.63) is 20.8 Å². The Kier molecular flexibility index (Phi) is 5.44. The second kappa shape index (κ2) is 6.37. The molecular weight excluding hydrogens is 290 g/mol. The van der Waals surface area contributed by atoms with Crippen LogP contribution in [0.2, 0.25) is 0 Å². The Balaban J connectivity index is 2.46. The van der Waals surface area contributed by atoms with Crippen LogP contribution in [0.1, 0.15) is 25.1 Å². The molecule has 0 saturated heterocycles. The molecule has 1 atom stereocenters. The Morgan fingerprint density at radius 3 is 2.69 bits per heavy atom. The van der Waals surface area contributed by atoms with Gasteiger partial charge in [-0.1, -0.05) is 13.8 Å². The number of hydrogen-bond acceptors (Lipinski definition) is 3. The molecule has 16 heavy (non-hydrogen) atoms. The molecule has 2 N–H and O–H groups in total. The van der Waals surface area contributed by atoms with Gasteiger partial charge in [-0.2, -0.15) is 0 Å². The highest BCUT2D eigenvalue weighted by atomic mass is 79.9. The third kappa shape index (κ3) is 4.63. The van der Waals surface area contributed by atoms with Gasteiger partial charge in [0, 0.05) is 11.4 Å². The lowest BCUT2D eigenvalue weighted by atomic mass is 10.0. The van der Waals surface area contributed by atoms with Gasteiger partial charge in [-0.3, -0.25) is 10.1 Å². The van der Waals surface area contributed by atoms with Crippen LogP contribution in [0.5, 0.6) is 0 Å². The summed E-state index contributed by atoms with van der Waals surface area (Å²) in [7, 11) is 0. The molecule has 1 rings (SSSR count). The highest BCUT2D eigenvalue weighted by molar-refractivity contribution is 9.11. The molecule has 0 radical (unpaired) electrons. The first-order valence-electron chi connectivity index (χ1n) is 5.19. The normalized spacial score (nSPS) is 13.0. The molecule has 0 amide bonds. The summed E-state index contributed by atoms with van der Waals surface area (Å²) in [6, 6.07) is 3.51. The molecule has 5 heteroatoms. The zero-order chi connectivity index (χ0) is 12.1. The predicted octanol–water partition coefficient (Wildman–Crippen LogP) is 3.10. The molecule has 0 aliphatic rings. The van der Waals surface area contributed by atoms with Crippen molar-refractivity contribution in [2.24, 2.45) is 5.92 Å². The molecule has 0 fully saturated rings. The van der Waals surface area contributed by atoms with Gasteiger partial charge in [0.05, 0.1) is 3.79 Å². The van der Waals surface area contributed by atoms with Crippen LogP contribution in [0, 0.1) is 5.92 Å². The lowest BCUT2D eigenvalue weighted by Gasteiger charge is -2.15. The summed E-state index contributed by atoms with van der Waals surface area (Å²) < 4.78 is 1.07. The average molecular weight is 306 g/mol. The summed E-state index contributed by atoms with van der Waals surface area (Å²) in [6.07, 6.45) is 0.655. The molecule has 1 unspecified atom stereocenters. The van der Waals surface area contributed by atoms with Gasteiger partial charge in [0.2, 0.25) is 0 Å². The van der Waals surface area contributed by atoms with Gasteiger partial charge in [-0.15, -0.1) is 11.3 Å². The molecule has 0 aliphatic carbocycles. The van der Waals surface area contributed by atoms with E-state index in [9.17, 15) is 4.79 Å². The summed E-state index contributed by atoms with van der Waals surface area (Å²) in [6.45, 7) is 4.67. The van der Waals surface area contributed by atoms with Crippen molar-refractivity contribution in [3.8, 4) is 0 Å². The summed E-state index contributed by atoms with van der Waals surface area (Å²) in [5.41, 5.74) is 0. The van der Waals surface area contributed by atoms with E-state index >= 15 is 0 Å².